The number of carbonyl (C=O) groups is 2. The second-order valence-electron chi connectivity index (χ2n) is 8.47. The Labute approximate surface area is 189 Å². The van der Waals surface area contributed by atoms with Gasteiger partial charge in [-0.05, 0) is 45.2 Å². The lowest BCUT2D eigenvalue weighted by Crippen LogP contribution is -2.47. The Morgan fingerprint density at radius 2 is 1.77 bits per heavy atom. The Hall–Kier alpha value is -2.41. The fraction of sp³-hybridized carbons (Fsp3) is 0.500. The summed E-state index contributed by atoms with van der Waals surface area (Å²) in [5.41, 5.74) is 0.468. The number of amides is 1. The quantitative estimate of drug-likeness (QED) is 0.314. The van der Waals surface area contributed by atoms with Crippen LogP contribution < -0.4 is 5.32 Å². The number of nitrogens with one attached hydrogen (secondary N) is 1. The molecule has 0 aliphatic rings. The maximum Gasteiger partial charge on any atom is 0.329 e. The van der Waals surface area contributed by atoms with E-state index in [1.165, 1.54) is 11.8 Å². The second-order valence-corrected chi connectivity index (χ2v) is 9.45. The van der Waals surface area contributed by atoms with E-state index in [1.54, 1.807) is 18.5 Å². The molecule has 1 N–H and O–H groups in total. The van der Waals surface area contributed by atoms with Crippen LogP contribution in [-0.4, -0.2) is 39.2 Å². The predicted octanol–water partition coefficient (Wildman–Crippen LogP) is 4.44. The summed E-state index contributed by atoms with van der Waals surface area (Å²) in [6.07, 6.45) is 6.27. The summed E-state index contributed by atoms with van der Waals surface area (Å²) in [5, 5.41) is 3.59. The molecule has 1 aromatic carbocycles. The fourth-order valence-corrected chi connectivity index (χ4v) is 3.87. The molecule has 0 bridgehead atoms. The molecule has 1 aromatic heterocycles. The van der Waals surface area contributed by atoms with Gasteiger partial charge in [0.1, 0.15) is 11.6 Å². The van der Waals surface area contributed by atoms with Crippen LogP contribution in [0.25, 0.3) is 0 Å². The third-order valence-electron chi connectivity index (χ3n) is 4.51. The summed E-state index contributed by atoms with van der Waals surface area (Å²) < 4.78 is 5.55. The Morgan fingerprint density at radius 1 is 1.10 bits per heavy atom. The maximum absolute atomic E-state index is 13.2. The number of hydrogen-bond donors (Lipinski definition) is 1. The molecule has 0 aliphatic carbocycles. The van der Waals surface area contributed by atoms with E-state index >= 15 is 0 Å². The normalized spacial score (nSPS) is 13.3. The van der Waals surface area contributed by atoms with Crippen LogP contribution in [0.15, 0.2) is 53.9 Å². The molecule has 0 spiro atoms. The van der Waals surface area contributed by atoms with Crippen LogP contribution in [0.5, 0.6) is 0 Å². The van der Waals surface area contributed by atoms with Crippen molar-refractivity contribution in [3.8, 4) is 0 Å². The number of rotatable bonds is 11. The summed E-state index contributed by atoms with van der Waals surface area (Å²) >= 11 is 1.44. The molecule has 2 aromatic rings. The first-order valence-electron chi connectivity index (χ1n) is 10.8. The van der Waals surface area contributed by atoms with Crippen LogP contribution >= 0.6 is 11.8 Å². The number of unbranched alkanes of at least 4 members (excludes halogenated alkanes) is 1. The molecule has 0 fully saturated rings. The number of thioether (sulfide) groups is 1. The van der Waals surface area contributed by atoms with Crippen LogP contribution in [0.2, 0.25) is 0 Å². The summed E-state index contributed by atoms with van der Waals surface area (Å²) in [7, 11) is 0. The largest absolute Gasteiger partial charge is 0.458 e. The van der Waals surface area contributed by atoms with Crippen LogP contribution in [0.4, 0.5) is 0 Å². The zero-order valence-corrected chi connectivity index (χ0v) is 19.7. The summed E-state index contributed by atoms with van der Waals surface area (Å²) in [6.45, 7) is 7.55. The van der Waals surface area contributed by atoms with Crippen LogP contribution in [-0.2, 0) is 20.7 Å². The molecule has 2 rings (SSSR count). The van der Waals surface area contributed by atoms with Gasteiger partial charge in [0.25, 0.3) is 0 Å². The zero-order chi connectivity index (χ0) is 22.7. The van der Waals surface area contributed by atoms with Gasteiger partial charge in [0.15, 0.2) is 5.16 Å². The van der Waals surface area contributed by atoms with Crippen molar-refractivity contribution < 1.29 is 14.3 Å². The third kappa shape index (κ3) is 9.51. The second kappa shape index (κ2) is 12.4. The highest BCUT2D eigenvalue weighted by molar-refractivity contribution is 7.99. The van der Waals surface area contributed by atoms with Crippen molar-refractivity contribution in [3.05, 3.63) is 54.4 Å². The lowest BCUT2D eigenvalue weighted by Gasteiger charge is -2.26. The van der Waals surface area contributed by atoms with E-state index in [4.69, 9.17) is 4.74 Å². The van der Waals surface area contributed by atoms with Crippen molar-refractivity contribution in [1.82, 2.24) is 15.3 Å². The first-order chi connectivity index (χ1) is 14.8. The topological polar surface area (TPSA) is 81.2 Å². The van der Waals surface area contributed by atoms with Gasteiger partial charge in [-0.1, -0.05) is 61.9 Å². The molecule has 7 heteroatoms. The number of aromatic nitrogens is 2. The van der Waals surface area contributed by atoms with E-state index in [1.807, 2.05) is 51.1 Å². The van der Waals surface area contributed by atoms with Crippen LogP contribution in [0, 0.1) is 5.92 Å². The monoisotopic (exact) mass is 443 g/mol. The van der Waals surface area contributed by atoms with Crippen LogP contribution in [0.3, 0.4) is 0 Å². The highest BCUT2D eigenvalue weighted by Gasteiger charge is 2.29. The lowest BCUT2D eigenvalue weighted by atomic mass is 9.99. The molecular formula is C24H33N3O3S. The van der Waals surface area contributed by atoms with Gasteiger partial charge in [0.05, 0.1) is 5.92 Å². The van der Waals surface area contributed by atoms with E-state index in [0.717, 1.165) is 18.4 Å². The SMILES string of the molecule is CCCC[C@H](NC(=O)[C@@H](CSc1ncccn1)Cc1ccccc1)C(=O)OC(C)(C)C. The average Bonchev–Trinajstić information content (AvgIpc) is 2.74. The van der Waals surface area contributed by atoms with E-state index < -0.39 is 11.6 Å². The Morgan fingerprint density at radius 3 is 2.39 bits per heavy atom. The van der Waals surface area contributed by atoms with Gasteiger partial charge in [0, 0.05) is 18.1 Å². The maximum atomic E-state index is 13.2. The minimum atomic E-state index is -0.650. The van der Waals surface area contributed by atoms with Gasteiger partial charge in [-0.15, -0.1) is 0 Å². The number of ether oxygens (including phenoxy) is 1. The Balaban J connectivity index is 2.12. The number of hydrogen-bond acceptors (Lipinski definition) is 6. The van der Waals surface area contributed by atoms with Gasteiger partial charge in [-0.3, -0.25) is 4.79 Å². The summed E-state index contributed by atoms with van der Waals surface area (Å²) in [6, 6.07) is 11.0. The van der Waals surface area contributed by atoms with E-state index in [-0.39, 0.29) is 17.8 Å². The third-order valence-corrected chi connectivity index (χ3v) is 5.54. The van der Waals surface area contributed by atoms with E-state index in [0.29, 0.717) is 23.8 Å². The summed E-state index contributed by atoms with van der Waals surface area (Å²) in [4.78, 5) is 34.4. The molecule has 31 heavy (non-hydrogen) atoms. The van der Waals surface area contributed by atoms with Gasteiger partial charge in [-0.2, -0.15) is 0 Å². The highest BCUT2D eigenvalue weighted by Crippen LogP contribution is 2.20. The van der Waals surface area contributed by atoms with Gasteiger partial charge in [0.2, 0.25) is 5.91 Å². The molecule has 0 radical (unpaired) electrons. The van der Waals surface area contributed by atoms with Crippen molar-refractivity contribution in [2.75, 3.05) is 5.75 Å². The van der Waals surface area contributed by atoms with Gasteiger partial charge >= 0.3 is 5.97 Å². The standard InChI is InChI=1S/C24H33N3O3S/c1-5-6-13-20(22(29)30-24(2,3)4)27-21(28)19(16-18-11-8-7-9-12-18)17-31-23-25-14-10-15-26-23/h7-12,14-15,19-20H,5-6,13,16-17H2,1-4H3,(H,27,28)/t19-,20+/m1/s1. The molecule has 1 heterocycles. The number of esters is 1. The molecule has 0 saturated heterocycles. The number of carbonyl (C=O) groups excluding carboxylic acids is 2. The summed E-state index contributed by atoms with van der Waals surface area (Å²) in [5.74, 6) is -0.353. The Kier molecular flexibility index (Phi) is 9.98. The minimum Gasteiger partial charge on any atom is -0.458 e. The van der Waals surface area contributed by atoms with Gasteiger partial charge < -0.3 is 10.1 Å². The molecule has 168 valence electrons. The number of benzene rings is 1. The van der Waals surface area contributed by atoms with Gasteiger partial charge in [-0.25, -0.2) is 14.8 Å². The molecule has 0 aliphatic heterocycles. The van der Waals surface area contributed by atoms with E-state index in [2.05, 4.69) is 22.2 Å². The molecule has 1 amide bonds. The number of nitrogens with zero attached hydrogens (tertiary/aromatic N) is 2. The van der Waals surface area contributed by atoms with Crippen molar-refractivity contribution in [3.63, 3.8) is 0 Å². The first-order valence-corrected chi connectivity index (χ1v) is 11.7. The zero-order valence-electron chi connectivity index (χ0n) is 18.8. The first kappa shape index (κ1) is 24.9. The Bertz CT molecular complexity index is 810. The molecule has 0 unspecified atom stereocenters. The molecular weight excluding hydrogens is 410 g/mol. The minimum absolute atomic E-state index is 0.153. The van der Waals surface area contributed by atoms with Crippen molar-refractivity contribution in [2.24, 2.45) is 5.92 Å². The average molecular weight is 444 g/mol. The van der Waals surface area contributed by atoms with Crippen molar-refractivity contribution in [2.45, 2.75) is 70.2 Å². The lowest BCUT2D eigenvalue weighted by molar-refractivity contribution is -0.159. The molecule has 2 atom stereocenters. The van der Waals surface area contributed by atoms with Crippen LogP contribution in [0.1, 0.15) is 52.5 Å². The van der Waals surface area contributed by atoms with Crippen molar-refractivity contribution >= 4 is 23.6 Å². The smallest absolute Gasteiger partial charge is 0.329 e. The highest BCUT2D eigenvalue weighted by atomic mass is 32.2. The van der Waals surface area contributed by atoms with Crippen molar-refractivity contribution in [1.29, 1.82) is 0 Å². The van der Waals surface area contributed by atoms with E-state index in [9.17, 15) is 9.59 Å². The fourth-order valence-electron chi connectivity index (χ4n) is 2.98. The molecule has 0 saturated carbocycles. The predicted molar refractivity (Wildman–Crippen MR) is 124 cm³/mol. The molecule has 6 nitrogen and oxygen atoms in total.